The second-order valence-corrected chi connectivity index (χ2v) is 10.3. The number of pyridine rings is 2. The summed E-state index contributed by atoms with van der Waals surface area (Å²) >= 11 is 0. The number of anilines is 6. The first kappa shape index (κ1) is 22.8. The van der Waals surface area contributed by atoms with Crippen molar-refractivity contribution >= 4 is 39.9 Å². The van der Waals surface area contributed by atoms with Gasteiger partial charge in [-0.15, -0.1) is 0 Å². The number of ketones is 1. The number of hydrogen-bond acceptors (Lipinski definition) is 7. The van der Waals surface area contributed by atoms with Crippen molar-refractivity contribution in [3.8, 4) is 34.4 Å². The minimum Gasteiger partial charge on any atom is -0.453 e. The lowest BCUT2D eigenvalue weighted by atomic mass is 10.1. The molecule has 0 spiro atoms. The first-order valence-electron chi connectivity index (χ1n) is 13.6. The lowest BCUT2D eigenvalue weighted by molar-refractivity contribution is 0.104. The lowest BCUT2D eigenvalue weighted by Crippen LogP contribution is -2.16. The number of carbonyl (C=O) groups is 1. The second-order valence-electron chi connectivity index (χ2n) is 10.3. The second kappa shape index (κ2) is 8.52. The molecule has 7 heteroatoms. The minimum atomic E-state index is -0.103. The molecule has 0 N–H and O–H groups in total. The summed E-state index contributed by atoms with van der Waals surface area (Å²) in [6, 6.07) is 35.2. The van der Waals surface area contributed by atoms with E-state index in [0.717, 1.165) is 57.1 Å². The summed E-state index contributed by atoms with van der Waals surface area (Å²) in [6.07, 6.45) is 3.59. The molecule has 0 saturated carbocycles. The van der Waals surface area contributed by atoms with Crippen molar-refractivity contribution in [3.63, 3.8) is 0 Å². The van der Waals surface area contributed by atoms with Gasteiger partial charge in [0, 0.05) is 0 Å². The fraction of sp³-hybridized carbons (Fsp3) is 0. The largest absolute Gasteiger partial charge is 0.453 e. The quantitative estimate of drug-likeness (QED) is 0.215. The van der Waals surface area contributed by atoms with Crippen molar-refractivity contribution in [2.75, 3.05) is 9.80 Å². The van der Waals surface area contributed by atoms with Gasteiger partial charge in [0.1, 0.15) is 11.4 Å². The van der Waals surface area contributed by atoms with E-state index >= 15 is 0 Å². The molecule has 0 saturated heterocycles. The third kappa shape index (κ3) is 3.19. The molecular formula is C35H20N4O3. The van der Waals surface area contributed by atoms with E-state index in [1.165, 1.54) is 0 Å². The Balaban J connectivity index is 1.15. The van der Waals surface area contributed by atoms with Crippen LogP contribution in [0.5, 0.6) is 23.0 Å². The summed E-state index contributed by atoms with van der Waals surface area (Å²) in [5.74, 6) is 2.85. The summed E-state index contributed by atoms with van der Waals surface area (Å²) in [5.41, 5.74) is 7.29. The van der Waals surface area contributed by atoms with Crippen LogP contribution in [0.25, 0.3) is 11.4 Å². The number of carbonyl (C=O) groups excluding carboxylic acids is 1. The highest BCUT2D eigenvalue weighted by Gasteiger charge is 2.34. The number of aromatic nitrogens is 2. The van der Waals surface area contributed by atoms with Gasteiger partial charge in [-0.1, -0.05) is 48.5 Å². The van der Waals surface area contributed by atoms with E-state index in [0.29, 0.717) is 22.5 Å². The van der Waals surface area contributed by atoms with Crippen molar-refractivity contribution < 1.29 is 14.3 Å². The average Bonchev–Trinajstić information content (AvgIpc) is 3.32. The molecule has 198 valence electrons. The molecule has 2 aliphatic heterocycles. The summed E-state index contributed by atoms with van der Waals surface area (Å²) in [5, 5.41) is 0. The maximum Gasteiger partial charge on any atom is 0.197 e. The normalized spacial score (nSPS) is 13.6. The van der Waals surface area contributed by atoms with Gasteiger partial charge < -0.3 is 19.3 Å². The topological polar surface area (TPSA) is 67.8 Å². The molecule has 0 unspecified atom stereocenters. The van der Waals surface area contributed by atoms with Gasteiger partial charge in [0.2, 0.25) is 0 Å². The van der Waals surface area contributed by atoms with Crippen LogP contribution in [-0.2, 0) is 0 Å². The molecule has 0 amide bonds. The zero-order valence-electron chi connectivity index (χ0n) is 22.1. The molecule has 42 heavy (non-hydrogen) atoms. The van der Waals surface area contributed by atoms with Crippen LogP contribution < -0.4 is 19.3 Å². The fourth-order valence-electron chi connectivity index (χ4n) is 5.99. The van der Waals surface area contributed by atoms with Crippen LogP contribution in [-0.4, -0.2) is 15.8 Å². The zero-order valence-corrected chi connectivity index (χ0v) is 22.1. The molecule has 9 rings (SSSR count). The van der Waals surface area contributed by atoms with Gasteiger partial charge in [0.15, 0.2) is 28.8 Å². The number of benzene rings is 4. The smallest absolute Gasteiger partial charge is 0.197 e. The van der Waals surface area contributed by atoms with Gasteiger partial charge in [-0.05, 0) is 60.7 Å². The summed E-state index contributed by atoms with van der Waals surface area (Å²) in [7, 11) is 0. The van der Waals surface area contributed by atoms with Crippen molar-refractivity contribution in [1.29, 1.82) is 0 Å². The monoisotopic (exact) mass is 544 g/mol. The van der Waals surface area contributed by atoms with E-state index in [9.17, 15) is 4.79 Å². The molecule has 4 aromatic carbocycles. The van der Waals surface area contributed by atoms with Gasteiger partial charge in [-0.2, -0.15) is 0 Å². The highest BCUT2D eigenvalue weighted by Crippen LogP contribution is 2.52. The minimum absolute atomic E-state index is 0.103. The summed E-state index contributed by atoms with van der Waals surface area (Å²) < 4.78 is 12.3. The van der Waals surface area contributed by atoms with E-state index in [2.05, 4.69) is 9.80 Å². The van der Waals surface area contributed by atoms with E-state index in [-0.39, 0.29) is 5.78 Å². The molecule has 6 aromatic rings. The number of hydrogen-bond donors (Lipinski definition) is 0. The Morgan fingerprint density at radius 3 is 1.17 bits per heavy atom. The first-order valence-corrected chi connectivity index (χ1v) is 13.6. The van der Waals surface area contributed by atoms with Gasteiger partial charge in [-0.3, -0.25) is 14.8 Å². The highest BCUT2D eigenvalue weighted by atomic mass is 16.5. The Morgan fingerprint density at radius 1 is 0.476 bits per heavy atom. The van der Waals surface area contributed by atoms with Crippen LogP contribution in [0.2, 0.25) is 0 Å². The predicted octanol–water partition coefficient (Wildman–Crippen LogP) is 8.84. The number of para-hydroxylation sites is 8. The number of fused-ring (bicyclic) bond motifs is 7. The van der Waals surface area contributed by atoms with Crippen LogP contribution in [0.4, 0.5) is 34.1 Å². The number of rotatable bonds is 2. The summed E-state index contributed by atoms with van der Waals surface area (Å²) in [6.45, 7) is 0. The average molecular weight is 545 g/mol. The molecule has 0 radical (unpaired) electrons. The number of nitrogens with zero attached hydrogens (tertiary/aromatic N) is 4. The van der Waals surface area contributed by atoms with Crippen molar-refractivity contribution in [2.45, 2.75) is 0 Å². The zero-order chi connectivity index (χ0) is 27.8. The van der Waals surface area contributed by atoms with Gasteiger partial charge in [0.25, 0.3) is 0 Å². The van der Waals surface area contributed by atoms with Gasteiger partial charge >= 0.3 is 0 Å². The Hall–Kier alpha value is -5.95. The third-order valence-corrected chi connectivity index (χ3v) is 7.84. The van der Waals surface area contributed by atoms with Crippen LogP contribution in [0.3, 0.4) is 0 Å². The molecule has 0 atom stereocenters. The molecule has 0 bridgehead atoms. The molecule has 3 aliphatic rings. The summed E-state index contributed by atoms with van der Waals surface area (Å²) in [4.78, 5) is 27.7. The van der Waals surface area contributed by atoms with Crippen LogP contribution in [0.15, 0.2) is 122 Å². The van der Waals surface area contributed by atoms with Gasteiger partial charge in [0.05, 0.1) is 57.6 Å². The molecule has 7 nitrogen and oxygen atoms in total. The van der Waals surface area contributed by atoms with Crippen molar-refractivity contribution in [3.05, 3.63) is 133 Å². The fourth-order valence-corrected chi connectivity index (χ4v) is 5.99. The third-order valence-electron chi connectivity index (χ3n) is 7.84. The standard InChI is InChI=1S/C35H20N4O3/c40-35-23-17-21(38-25-9-1-5-13-29(25)41-30-14-6-2-10-26(30)38)19-36-33(23)34-24(35)18-22(20-37-34)39-27-11-3-7-15-31(27)42-32-16-8-4-12-28(32)39/h1-20H. The van der Waals surface area contributed by atoms with Gasteiger partial charge in [-0.25, -0.2) is 0 Å². The van der Waals surface area contributed by atoms with E-state index in [4.69, 9.17) is 19.4 Å². The predicted molar refractivity (Wildman–Crippen MR) is 160 cm³/mol. The Labute approximate surface area is 240 Å². The Kier molecular flexibility index (Phi) is 4.63. The molecule has 1 aliphatic carbocycles. The van der Waals surface area contributed by atoms with Crippen LogP contribution in [0.1, 0.15) is 15.9 Å². The Morgan fingerprint density at radius 2 is 0.810 bits per heavy atom. The number of ether oxygens (including phenoxy) is 2. The lowest BCUT2D eigenvalue weighted by Gasteiger charge is -2.32. The van der Waals surface area contributed by atoms with Crippen molar-refractivity contribution in [2.24, 2.45) is 0 Å². The molecule has 0 fully saturated rings. The highest BCUT2D eigenvalue weighted by molar-refractivity contribution is 6.21. The molecular weight excluding hydrogens is 524 g/mol. The van der Waals surface area contributed by atoms with Crippen LogP contribution >= 0.6 is 0 Å². The molecule has 4 heterocycles. The van der Waals surface area contributed by atoms with E-state index < -0.39 is 0 Å². The van der Waals surface area contributed by atoms with Crippen LogP contribution in [0, 0.1) is 0 Å². The van der Waals surface area contributed by atoms with E-state index in [1.807, 2.05) is 109 Å². The maximum absolute atomic E-state index is 14.0. The molecule has 2 aromatic heterocycles. The Bertz CT molecular complexity index is 1870. The first-order chi connectivity index (χ1) is 20.7. The maximum atomic E-state index is 14.0. The van der Waals surface area contributed by atoms with E-state index in [1.54, 1.807) is 12.4 Å². The SMILES string of the molecule is O=C1c2cc(N3c4ccccc4Oc4ccccc43)cnc2-c2ncc(N3c4ccccc4Oc4ccccc43)cc21. The van der Waals surface area contributed by atoms with Crippen molar-refractivity contribution in [1.82, 2.24) is 9.97 Å².